The van der Waals surface area contributed by atoms with Crippen LogP contribution in [0.25, 0.3) is 0 Å². The summed E-state index contributed by atoms with van der Waals surface area (Å²) in [6.07, 6.45) is 1.51. The van der Waals surface area contributed by atoms with Crippen LogP contribution in [0.1, 0.15) is 24.5 Å². The minimum Gasteiger partial charge on any atom is -0.427 e. The Morgan fingerprint density at radius 2 is 1.72 bits per heavy atom. The summed E-state index contributed by atoms with van der Waals surface area (Å²) in [6, 6.07) is 16.5. The fourth-order valence-electron chi connectivity index (χ4n) is 2.51. The molecule has 5 heteroatoms. The van der Waals surface area contributed by atoms with E-state index in [0.29, 0.717) is 25.0 Å². The van der Waals surface area contributed by atoms with Gasteiger partial charge in [-0.2, -0.15) is 0 Å². The molecule has 2 aromatic rings. The largest absolute Gasteiger partial charge is 0.427 e. The van der Waals surface area contributed by atoms with E-state index < -0.39 is 0 Å². The van der Waals surface area contributed by atoms with E-state index in [4.69, 9.17) is 4.74 Å². The molecule has 1 amide bonds. The summed E-state index contributed by atoms with van der Waals surface area (Å²) in [6.45, 7) is 1.25. The Morgan fingerprint density at radius 3 is 2.32 bits per heavy atom. The number of carbonyl (C=O) groups excluding carboxylic acids is 2. The minimum absolute atomic E-state index is 0.0981. The van der Waals surface area contributed by atoms with Gasteiger partial charge in [0.1, 0.15) is 5.75 Å². The minimum atomic E-state index is -0.361. The average molecular weight is 341 g/mol. The molecule has 0 unspecified atom stereocenters. The summed E-state index contributed by atoms with van der Waals surface area (Å²) in [7, 11) is 0. The quantitative estimate of drug-likeness (QED) is 0.570. The van der Waals surface area contributed by atoms with Gasteiger partial charge in [0.2, 0.25) is 5.91 Å². The fourth-order valence-corrected chi connectivity index (χ4v) is 2.51. The molecule has 2 aromatic carbocycles. The van der Waals surface area contributed by atoms with Crippen molar-refractivity contribution in [3.05, 3.63) is 65.7 Å². The van der Waals surface area contributed by atoms with E-state index in [0.717, 1.165) is 11.1 Å². The van der Waals surface area contributed by atoms with E-state index in [1.54, 1.807) is 12.1 Å². The van der Waals surface area contributed by atoms with Crippen LogP contribution in [0.4, 0.5) is 0 Å². The maximum absolute atomic E-state index is 12.1. The smallest absolute Gasteiger partial charge is 0.308 e. The second-order valence-electron chi connectivity index (χ2n) is 5.87. The molecule has 1 atom stereocenters. The van der Waals surface area contributed by atoms with E-state index >= 15 is 0 Å². The highest BCUT2D eigenvalue weighted by Crippen LogP contribution is 2.13. The first-order valence-corrected chi connectivity index (χ1v) is 8.28. The van der Waals surface area contributed by atoms with Crippen molar-refractivity contribution in [2.75, 3.05) is 6.61 Å². The third-order valence-corrected chi connectivity index (χ3v) is 3.74. The van der Waals surface area contributed by atoms with Crippen molar-refractivity contribution in [1.29, 1.82) is 0 Å². The molecule has 0 heterocycles. The molecule has 0 aliphatic heterocycles. The molecule has 2 N–H and O–H groups in total. The van der Waals surface area contributed by atoms with Gasteiger partial charge in [-0.25, -0.2) is 0 Å². The molecule has 0 saturated heterocycles. The number of aryl methyl sites for hydroxylation is 1. The van der Waals surface area contributed by atoms with Crippen molar-refractivity contribution in [2.45, 2.75) is 32.2 Å². The Balaban J connectivity index is 1.79. The standard InChI is InChI=1S/C20H23NO4/c1-15(23)25-19-10-7-16(8-11-19)9-12-20(24)21-18(14-22)13-17-5-3-2-4-6-17/h2-8,10-11,18,22H,9,12-14H2,1H3,(H,21,24)/t18-/m0/s1. The highest BCUT2D eigenvalue weighted by Gasteiger charge is 2.12. The number of ether oxygens (including phenoxy) is 1. The molecule has 0 aliphatic carbocycles. The van der Waals surface area contributed by atoms with Crippen LogP contribution in [0.3, 0.4) is 0 Å². The molecular weight excluding hydrogens is 318 g/mol. The van der Waals surface area contributed by atoms with Crippen LogP contribution in [0, 0.1) is 0 Å². The zero-order valence-corrected chi connectivity index (χ0v) is 14.3. The van der Waals surface area contributed by atoms with Gasteiger partial charge in [0, 0.05) is 13.3 Å². The molecule has 0 aromatic heterocycles. The lowest BCUT2D eigenvalue weighted by Crippen LogP contribution is -2.39. The van der Waals surface area contributed by atoms with Gasteiger partial charge in [-0.05, 0) is 36.1 Å². The van der Waals surface area contributed by atoms with Gasteiger partial charge >= 0.3 is 5.97 Å². The number of esters is 1. The molecule has 0 bridgehead atoms. The van der Waals surface area contributed by atoms with Crippen LogP contribution in [0.5, 0.6) is 5.75 Å². The maximum Gasteiger partial charge on any atom is 0.308 e. The van der Waals surface area contributed by atoms with Crippen LogP contribution >= 0.6 is 0 Å². The van der Waals surface area contributed by atoms with Gasteiger partial charge in [-0.3, -0.25) is 9.59 Å². The van der Waals surface area contributed by atoms with Gasteiger partial charge in [0.15, 0.2) is 0 Å². The Hall–Kier alpha value is -2.66. The molecule has 0 aliphatic rings. The van der Waals surface area contributed by atoms with Crippen molar-refractivity contribution in [2.24, 2.45) is 0 Å². The predicted octanol–water partition coefficient (Wildman–Crippen LogP) is 2.26. The van der Waals surface area contributed by atoms with Crippen LogP contribution in [0.2, 0.25) is 0 Å². The fraction of sp³-hybridized carbons (Fsp3) is 0.300. The number of benzene rings is 2. The van der Waals surface area contributed by atoms with E-state index in [9.17, 15) is 14.7 Å². The van der Waals surface area contributed by atoms with Crippen molar-refractivity contribution in [3.63, 3.8) is 0 Å². The molecule has 0 spiro atoms. The summed E-state index contributed by atoms with van der Waals surface area (Å²) < 4.78 is 4.97. The lowest BCUT2D eigenvalue weighted by Gasteiger charge is -2.16. The zero-order chi connectivity index (χ0) is 18.1. The van der Waals surface area contributed by atoms with E-state index in [1.807, 2.05) is 42.5 Å². The Morgan fingerprint density at radius 1 is 1.04 bits per heavy atom. The second-order valence-corrected chi connectivity index (χ2v) is 5.87. The van der Waals surface area contributed by atoms with Gasteiger partial charge < -0.3 is 15.2 Å². The maximum atomic E-state index is 12.1. The van der Waals surface area contributed by atoms with Gasteiger partial charge in [0.25, 0.3) is 0 Å². The Labute approximate surface area is 147 Å². The number of rotatable bonds is 8. The summed E-state index contributed by atoms with van der Waals surface area (Å²) in [4.78, 5) is 23.0. The summed E-state index contributed by atoms with van der Waals surface area (Å²) in [5.74, 6) is 0.0311. The number of hydrogen-bond donors (Lipinski definition) is 2. The van der Waals surface area contributed by atoms with E-state index in [2.05, 4.69) is 5.32 Å². The highest BCUT2D eigenvalue weighted by atomic mass is 16.5. The lowest BCUT2D eigenvalue weighted by molar-refractivity contribution is -0.131. The molecule has 0 radical (unpaired) electrons. The second kappa shape index (κ2) is 9.59. The normalized spacial score (nSPS) is 11.6. The molecule has 0 fully saturated rings. The van der Waals surface area contributed by atoms with Crippen molar-refractivity contribution < 1.29 is 19.4 Å². The third-order valence-electron chi connectivity index (χ3n) is 3.74. The first kappa shape index (κ1) is 18.7. The summed E-state index contributed by atoms with van der Waals surface area (Å²) in [5.41, 5.74) is 2.05. The number of carbonyl (C=O) groups is 2. The first-order valence-electron chi connectivity index (χ1n) is 8.28. The van der Waals surface area contributed by atoms with Crippen LogP contribution in [-0.2, 0) is 22.4 Å². The predicted molar refractivity (Wildman–Crippen MR) is 95.2 cm³/mol. The van der Waals surface area contributed by atoms with Crippen LogP contribution < -0.4 is 10.1 Å². The van der Waals surface area contributed by atoms with Crippen LogP contribution in [0.15, 0.2) is 54.6 Å². The average Bonchev–Trinajstić information content (AvgIpc) is 2.61. The Kier molecular flexibility index (Phi) is 7.16. The van der Waals surface area contributed by atoms with Crippen molar-refractivity contribution >= 4 is 11.9 Å². The molecule has 25 heavy (non-hydrogen) atoms. The molecule has 5 nitrogen and oxygen atoms in total. The summed E-state index contributed by atoms with van der Waals surface area (Å²) in [5, 5.41) is 12.3. The number of nitrogens with one attached hydrogen (secondary N) is 1. The number of aliphatic hydroxyl groups is 1. The van der Waals surface area contributed by atoms with Crippen molar-refractivity contribution in [3.8, 4) is 5.75 Å². The topological polar surface area (TPSA) is 75.6 Å². The van der Waals surface area contributed by atoms with Crippen molar-refractivity contribution in [1.82, 2.24) is 5.32 Å². The number of hydrogen-bond acceptors (Lipinski definition) is 4. The lowest BCUT2D eigenvalue weighted by atomic mass is 10.1. The zero-order valence-electron chi connectivity index (χ0n) is 14.3. The molecular formula is C20H23NO4. The van der Waals surface area contributed by atoms with E-state index in [1.165, 1.54) is 6.92 Å². The SMILES string of the molecule is CC(=O)Oc1ccc(CCC(=O)N[C@H](CO)Cc2ccccc2)cc1. The number of aliphatic hydroxyl groups excluding tert-OH is 1. The van der Waals surface area contributed by atoms with E-state index in [-0.39, 0.29) is 24.5 Å². The van der Waals surface area contributed by atoms with Crippen LogP contribution in [-0.4, -0.2) is 29.6 Å². The highest BCUT2D eigenvalue weighted by molar-refractivity contribution is 5.76. The monoisotopic (exact) mass is 341 g/mol. The summed E-state index contributed by atoms with van der Waals surface area (Å²) >= 11 is 0. The first-order chi connectivity index (χ1) is 12.1. The third kappa shape index (κ3) is 6.77. The number of amides is 1. The Bertz CT molecular complexity index is 683. The van der Waals surface area contributed by atoms with Gasteiger partial charge in [0.05, 0.1) is 12.6 Å². The molecule has 132 valence electrons. The van der Waals surface area contributed by atoms with Gasteiger partial charge in [-0.1, -0.05) is 42.5 Å². The molecule has 2 rings (SSSR count). The van der Waals surface area contributed by atoms with Gasteiger partial charge in [-0.15, -0.1) is 0 Å². The molecule has 0 saturated carbocycles.